The average molecular weight is 244 g/mol. The predicted molar refractivity (Wildman–Crippen MR) is 75.3 cm³/mol. The minimum atomic E-state index is 0.440. The van der Waals surface area contributed by atoms with E-state index in [4.69, 9.17) is 0 Å². The molecule has 0 aromatic heterocycles. The molecule has 1 rings (SSSR count). The molecule has 0 saturated carbocycles. The predicted octanol–water partition coefficient (Wildman–Crippen LogP) is 2.59. The second-order valence-corrected chi connectivity index (χ2v) is 7.29. The molecule has 1 aliphatic rings. The van der Waals surface area contributed by atoms with E-state index in [0.29, 0.717) is 10.8 Å². The van der Waals surface area contributed by atoms with Gasteiger partial charge in [-0.25, -0.2) is 0 Å². The van der Waals surface area contributed by atoms with E-state index in [1.54, 1.807) is 0 Å². The summed E-state index contributed by atoms with van der Waals surface area (Å²) in [7, 11) is 0. The molecule has 0 bridgehead atoms. The van der Waals surface area contributed by atoms with E-state index in [-0.39, 0.29) is 0 Å². The van der Waals surface area contributed by atoms with Gasteiger partial charge in [-0.15, -0.1) is 0 Å². The van der Waals surface area contributed by atoms with Gasteiger partial charge in [-0.2, -0.15) is 11.8 Å². The van der Waals surface area contributed by atoms with Crippen LogP contribution in [0.4, 0.5) is 0 Å². The van der Waals surface area contributed by atoms with Crippen molar-refractivity contribution in [3.8, 4) is 0 Å². The van der Waals surface area contributed by atoms with Crippen LogP contribution in [0.2, 0.25) is 0 Å². The number of hydrogen-bond acceptors (Lipinski definition) is 3. The molecular weight excluding hydrogens is 216 g/mol. The molecule has 1 atom stereocenters. The maximum absolute atomic E-state index is 3.56. The first kappa shape index (κ1) is 14.3. The highest BCUT2D eigenvalue weighted by Gasteiger charge is 2.29. The monoisotopic (exact) mass is 244 g/mol. The first-order valence-electron chi connectivity index (χ1n) is 6.64. The second-order valence-electron chi connectivity index (χ2n) is 5.49. The Morgan fingerprint density at radius 1 is 1.44 bits per heavy atom. The van der Waals surface area contributed by atoms with Crippen LogP contribution in [0, 0.1) is 0 Å². The Bertz CT molecular complexity index is 194. The van der Waals surface area contributed by atoms with Gasteiger partial charge in [0.15, 0.2) is 0 Å². The van der Waals surface area contributed by atoms with Gasteiger partial charge in [-0.3, -0.25) is 4.90 Å². The Morgan fingerprint density at radius 2 is 2.19 bits per heavy atom. The summed E-state index contributed by atoms with van der Waals surface area (Å²) in [6.45, 7) is 14.1. The lowest BCUT2D eigenvalue weighted by molar-refractivity contribution is 0.195. The summed E-state index contributed by atoms with van der Waals surface area (Å²) in [4.78, 5) is 2.63. The summed E-state index contributed by atoms with van der Waals surface area (Å²) < 4.78 is 0.440. The molecule has 0 aromatic carbocycles. The lowest BCUT2D eigenvalue weighted by atomic mass is 10.1. The number of unbranched alkanes of at least 4 members (excludes halogenated alkanes) is 1. The fraction of sp³-hybridized carbons (Fsp3) is 1.00. The quantitative estimate of drug-likeness (QED) is 0.723. The molecule has 2 nitrogen and oxygen atoms in total. The van der Waals surface area contributed by atoms with Crippen molar-refractivity contribution in [1.82, 2.24) is 10.2 Å². The van der Waals surface area contributed by atoms with Crippen molar-refractivity contribution in [1.29, 1.82) is 0 Å². The van der Waals surface area contributed by atoms with Crippen molar-refractivity contribution in [2.45, 2.75) is 51.3 Å². The number of rotatable bonds is 6. The van der Waals surface area contributed by atoms with Gasteiger partial charge in [-0.05, 0) is 33.7 Å². The van der Waals surface area contributed by atoms with E-state index in [0.717, 1.165) is 6.54 Å². The second kappa shape index (κ2) is 6.87. The zero-order chi connectivity index (χ0) is 12.0. The van der Waals surface area contributed by atoms with E-state index in [9.17, 15) is 0 Å². The third kappa shape index (κ3) is 5.07. The lowest BCUT2D eigenvalue weighted by Crippen LogP contribution is -2.50. The van der Waals surface area contributed by atoms with Gasteiger partial charge in [-0.1, -0.05) is 13.3 Å². The number of nitrogens with one attached hydrogen (secondary N) is 1. The molecule has 1 aliphatic heterocycles. The molecule has 1 unspecified atom stereocenters. The molecule has 1 fully saturated rings. The summed E-state index contributed by atoms with van der Waals surface area (Å²) >= 11 is 2.11. The Hall–Kier alpha value is 0.270. The Kier molecular flexibility index (Phi) is 6.16. The molecule has 0 amide bonds. The van der Waals surface area contributed by atoms with Crippen LogP contribution in [0.25, 0.3) is 0 Å². The molecule has 3 heteroatoms. The van der Waals surface area contributed by atoms with E-state index < -0.39 is 0 Å². The van der Waals surface area contributed by atoms with E-state index in [1.165, 1.54) is 38.2 Å². The molecule has 1 saturated heterocycles. The number of thioether (sulfide) groups is 1. The first-order valence-corrected chi connectivity index (χ1v) is 7.62. The Morgan fingerprint density at radius 3 is 2.81 bits per heavy atom. The van der Waals surface area contributed by atoms with Crippen LogP contribution in [-0.4, -0.2) is 47.6 Å². The van der Waals surface area contributed by atoms with Crippen molar-refractivity contribution in [2.75, 3.05) is 31.9 Å². The molecule has 0 aliphatic carbocycles. The van der Waals surface area contributed by atoms with Crippen LogP contribution in [0.1, 0.15) is 40.5 Å². The fourth-order valence-corrected chi connectivity index (χ4v) is 3.31. The van der Waals surface area contributed by atoms with Crippen LogP contribution < -0.4 is 5.32 Å². The zero-order valence-corrected chi connectivity index (χ0v) is 12.2. The maximum Gasteiger partial charge on any atom is 0.0231 e. The molecule has 96 valence electrons. The smallest absolute Gasteiger partial charge is 0.0231 e. The van der Waals surface area contributed by atoms with E-state index in [2.05, 4.69) is 49.7 Å². The highest BCUT2D eigenvalue weighted by atomic mass is 32.2. The summed E-state index contributed by atoms with van der Waals surface area (Å²) in [6, 6.07) is 0.678. The highest BCUT2D eigenvalue weighted by molar-refractivity contribution is 8.00. The van der Waals surface area contributed by atoms with Gasteiger partial charge in [0.2, 0.25) is 0 Å². The van der Waals surface area contributed by atoms with Crippen LogP contribution in [-0.2, 0) is 0 Å². The van der Waals surface area contributed by atoms with Crippen molar-refractivity contribution in [3.05, 3.63) is 0 Å². The van der Waals surface area contributed by atoms with E-state index >= 15 is 0 Å². The van der Waals surface area contributed by atoms with Gasteiger partial charge in [0.1, 0.15) is 0 Å². The molecule has 1 heterocycles. The SMILES string of the molecule is CCCCNCC(C)N1CCSC(C)(C)C1. The van der Waals surface area contributed by atoms with E-state index in [1.807, 2.05) is 0 Å². The first-order chi connectivity index (χ1) is 7.55. The molecule has 16 heavy (non-hydrogen) atoms. The third-order valence-electron chi connectivity index (χ3n) is 3.23. The Labute approximate surface area is 106 Å². The summed E-state index contributed by atoms with van der Waals surface area (Å²) in [5, 5.41) is 3.56. The van der Waals surface area contributed by atoms with Crippen LogP contribution in [0.15, 0.2) is 0 Å². The zero-order valence-electron chi connectivity index (χ0n) is 11.4. The van der Waals surface area contributed by atoms with Crippen molar-refractivity contribution >= 4 is 11.8 Å². The molecule has 0 aromatic rings. The van der Waals surface area contributed by atoms with Gasteiger partial charge in [0.05, 0.1) is 0 Å². The molecule has 0 spiro atoms. The van der Waals surface area contributed by atoms with Crippen molar-refractivity contribution in [2.24, 2.45) is 0 Å². The van der Waals surface area contributed by atoms with Gasteiger partial charge >= 0.3 is 0 Å². The summed E-state index contributed by atoms with van der Waals surface area (Å²) in [6.07, 6.45) is 2.59. The topological polar surface area (TPSA) is 15.3 Å². The fourth-order valence-electron chi connectivity index (χ4n) is 2.17. The third-order valence-corrected chi connectivity index (χ3v) is 4.52. The largest absolute Gasteiger partial charge is 0.315 e. The van der Waals surface area contributed by atoms with Crippen molar-refractivity contribution < 1.29 is 0 Å². The average Bonchev–Trinajstić information content (AvgIpc) is 2.22. The van der Waals surface area contributed by atoms with Crippen molar-refractivity contribution in [3.63, 3.8) is 0 Å². The van der Waals surface area contributed by atoms with Crippen LogP contribution in [0.5, 0.6) is 0 Å². The number of nitrogens with zero attached hydrogens (tertiary/aromatic N) is 1. The molecular formula is C13H28N2S. The van der Waals surface area contributed by atoms with Crippen LogP contribution in [0.3, 0.4) is 0 Å². The molecule has 0 radical (unpaired) electrons. The number of hydrogen-bond donors (Lipinski definition) is 1. The van der Waals surface area contributed by atoms with Crippen LogP contribution >= 0.6 is 11.8 Å². The standard InChI is InChI=1S/C13H28N2S/c1-5-6-7-14-10-12(2)15-8-9-16-13(3,4)11-15/h12,14H,5-11H2,1-4H3. The van der Waals surface area contributed by atoms with Gasteiger partial charge in [0.25, 0.3) is 0 Å². The van der Waals surface area contributed by atoms with Gasteiger partial charge in [0, 0.05) is 36.2 Å². The minimum absolute atomic E-state index is 0.440. The lowest BCUT2D eigenvalue weighted by Gasteiger charge is -2.40. The summed E-state index contributed by atoms with van der Waals surface area (Å²) in [5.41, 5.74) is 0. The maximum atomic E-state index is 3.56. The molecule has 1 N–H and O–H groups in total. The minimum Gasteiger partial charge on any atom is -0.315 e. The van der Waals surface area contributed by atoms with Gasteiger partial charge < -0.3 is 5.32 Å². The summed E-state index contributed by atoms with van der Waals surface area (Å²) in [5.74, 6) is 1.28. The highest BCUT2D eigenvalue weighted by Crippen LogP contribution is 2.30. The Balaban J connectivity index is 2.22. The normalized spacial score (nSPS) is 23.2.